The number of hydrogen-bond donors (Lipinski definition) is 0. The average Bonchev–Trinajstić information content (AvgIpc) is 3.39. The molecule has 6 aromatic carbocycles. The summed E-state index contributed by atoms with van der Waals surface area (Å²) in [6.07, 6.45) is 15.7. The summed E-state index contributed by atoms with van der Waals surface area (Å²) in [4.78, 5) is 17.8. The van der Waals surface area contributed by atoms with Gasteiger partial charge >= 0.3 is 0 Å². The van der Waals surface area contributed by atoms with E-state index >= 15 is 0 Å². The average molecular weight is 749 g/mol. The SMILES string of the molecule is C=NC(=NCc1cccc(-c2ccccc2)c1)c1cccc2c1-c1ccccc1C2(C1=CCC=CC=C1)c1ccncc1.C=NCc1cccc(-c2ccccc2)c1. The molecule has 0 saturated heterocycles. The van der Waals surface area contributed by atoms with Gasteiger partial charge in [0.2, 0.25) is 0 Å². The third-order valence-electron chi connectivity index (χ3n) is 10.8. The van der Waals surface area contributed by atoms with Crippen molar-refractivity contribution in [3.8, 4) is 33.4 Å². The fourth-order valence-electron chi connectivity index (χ4n) is 8.24. The van der Waals surface area contributed by atoms with Crippen LogP contribution >= 0.6 is 0 Å². The zero-order valence-electron chi connectivity index (χ0n) is 32.5. The van der Waals surface area contributed by atoms with Gasteiger partial charge in [0.15, 0.2) is 5.84 Å². The summed E-state index contributed by atoms with van der Waals surface area (Å²) in [5.74, 6) is 0.648. The molecule has 4 heteroatoms. The highest BCUT2D eigenvalue weighted by Gasteiger charge is 2.47. The highest BCUT2D eigenvalue weighted by molar-refractivity contribution is 6.09. The molecular formula is C54H44N4. The number of aliphatic imine (C=N–C) groups is 3. The second-order valence-electron chi connectivity index (χ2n) is 14.3. The summed E-state index contributed by atoms with van der Waals surface area (Å²) >= 11 is 0. The summed E-state index contributed by atoms with van der Waals surface area (Å²) in [6, 6.07) is 57.3. The van der Waals surface area contributed by atoms with Crippen molar-refractivity contribution in [3.63, 3.8) is 0 Å². The van der Waals surface area contributed by atoms with Gasteiger partial charge in [0.05, 0.1) is 18.5 Å². The van der Waals surface area contributed by atoms with Gasteiger partial charge in [-0.2, -0.15) is 0 Å². The van der Waals surface area contributed by atoms with E-state index in [1.807, 2.05) is 36.7 Å². The van der Waals surface area contributed by atoms with Gasteiger partial charge in [0.25, 0.3) is 0 Å². The van der Waals surface area contributed by atoms with E-state index in [1.165, 1.54) is 55.6 Å². The molecule has 1 unspecified atom stereocenters. The standard InChI is InChI=1S/C40H31N3.C14H13N/c1-41-39(43-28-29-13-11-16-31(27-29)30-14-5-4-6-15-30)35-20-12-22-37-38(35)34-19-9-10-21-36(34)40(37,33-23-25-42-26-24-33)32-17-7-2-3-8-18-32;1-15-11-12-6-5-9-14(10-12)13-7-3-2-4-8-13/h2-7,9-27H,1,8,28H2;2-10H,1,11H2. The first kappa shape index (κ1) is 37.6. The van der Waals surface area contributed by atoms with Gasteiger partial charge < -0.3 is 0 Å². The Morgan fingerprint density at radius 2 is 1.19 bits per heavy atom. The molecule has 0 radical (unpaired) electrons. The molecule has 0 N–H and O–H groups in total. The Morgan fingerprint density at radius 1 is 0.586 bits per heavy atom. The maximum Gasteiger partial charge on any atom is 0.154 e. The summed E-state index contributed by atoms with van der Waals surface area (Å²) in [6.45, 7) is 8.67. The van der Waals surface area contributed by atoms with E-state index in [2.05, 4.69) is 198 Å². The molecule has 1 aromatic heterocycles. The first-order valence-corrected chi connectivity index (χ1v) is 19.6. The van der Waals surface area contributed by atoms with Crippen LogP contribution < -0.4 is 0 Å². The summed E-state index contributed by atoms with van der Waals surface area (Å²) in [7, 11) is 0. The van der Waals surface area contributed by atoms with E-state index < -0.39 is 5.41 Å². The number of amidine groups is 1. The maximum absolute atomic E-state index is 5.05. The molecular weight excluding hydrogens is 705 g/mol. The Bertz CT molecular complexity index is 2670. The zero-order chi connectivity index (χ0) is 39.6. The van der Waals surface area contributed by atoms with Crippen molar-refractivity contribution >= 4 is 19.3 Å². The van der Waals surface area contributed by atoms with Gasteiger partial charge in [-0.05, 0) is 111 Å². The molecule has 7 aromatic rings. The van der Waals surface area contributed by atoms with Crippen molar-refractivity contribution in [1.29, 1.82) is 0 Å². The molecule has 0 bridgehead atoms. The van der Waals surface area contributed by atoms with Crippen LogP contribution in [0.3, 0.4) is 0 Å². The number of nitrogens with zero attached hydrogens (tertiary/aromatic N) is 4. The van der Waals surface area contributed by atoms with E-state index in [0.29, 0.717) is 18.9 Å². The number of aromatic nitrogens is 1. The van der Waals surface area contributed by atoms with Gasteiger partial charge in [0, 0.05) is 18.0 Å². The van der Waals surface area contributed by atoms with Crippen LogP contribution in [-0.4, -0.2) is 24.3 Å². The lowest BCUT2D eigenvalue weighted by atomic mass is 9.67. The van der Waals surface area contributed by atoms with Gasteiger partial charge in [-0.25, -0.2) is 4.99 Å². The molecule has 1 heterocycles. The van der Waals surface area contributed by atoms with E-state index in [1.54, 1.807) is 0 Å². The van der Waals surface area contributed by atoms with Crippen molar-refractivity contribution in [2.24, 2.45) is 15.0 Å². The fourth-order valence-corrected chi connectivity index (χ4v) is 8.24. The lowest BCUT2D eigenvalue weighted by Crippen LogP contribution is -2.29. The predicted octanol–water partition coefficient (Wildman–Crippen LogP) is 12.7. The molecule has 280 valence electrons. The van der Waals surface area contributed by atoms with Crippen LogP contribution in [0.15, 0.2) is 227 Å². The zero-order valence-corrected chi connectivity index (χ0v) is 32.5. The Morgan fingerprint density at radius 3 is 1.86 bits per heavy atom. The number of rotatable bonds is 9. The molecule has 9 rings (SSSR count). The number of hydrogen-bond acceptors (Lipinski definition) is 3. The Labute approximate surface area is 341 Å². The number of fused-ring (bicyclic) bond motifs is 3. The van der Waals surface area contributed by atoms with Crippen LogP contribution in [0, 0.1) is 0 Å². The summed E-state index contributed by atoms with van der Waals surface area (Å²) in [5, 5.41) is 0. The molecule has 2 aliphatic carbocycles. The van der Waals surface area contributed by atoms with Crippen LogP contribution in [0.4, 0.5) is 0 Å². The van der Waals surface area contributed by atoms with Crippen molar-refractivity contribution in [3.05, 3.63) is 246 Å². The lowest BCUT2D eigenvalue weighted by molar-refractivity contribution is 0.761. The third kappa shape index (κ3) is 7.61. The molecule has 1 atom stereocenters. The second-order valence-corrected chi connectivity index (χ2v) is 14.3. The van der Waals surface area contributed by atoms with Crippen LogP contribution in [0.1, 0.15) is 39.8 Å². The smallest absolute Gasteiger partial charge is 0.154 e. The van der Waals surface area contributed by atoms with Gasteiger partial charge in [-0.3, -0.25) is 15.0 Å². The third-order valence-corrected chi connectivity index (χ3v) is 10.8. The highest BCUT2D eigenvalue weighted by Crippen LogP contribution is 2.57. The summed E-state index contributed by atoms with van der Waals surface area (Å²) in [5.41, 5.74) is 14.9. The number of pyridine rings is 1. The van der Waals surface area contributed by atoms with Crippen molar-refractivity contribution in [1.82, 2.24) is 4.98 Å². The molecule has 0 saturated carbocycles. The molecule has 58 heavy (non-hydrogen) atoms. The van der Waals surface area contributed by atoms with E-state index in [-0.39, 0.29) is 0 Å². The van der Waals surface area contributed by atoms with Crippen LogP contribution in [-0.2, 0) is 18.5 Å². The Hall–Kier alpha value is -7.30. The highest BCUT2D eigenvalue weighted by atomic mass is 14.9. The van der Waals surface area contributed by atoms with Crippen molar-refractivity contribution < 1.29 is 0 Å². The van der Waals surface area contributed by atoms with E-state index in [4.69, 9.17) is 4.99 Å². The van der Waals surface area contributed by atoms with Crippen LogP contribution in [0.25, 0.3) is 33.4 Å². The number of benzene rings is 6. The minimum atomic E-state index is -0.496. The monoisotopic (exact) mass is 748 g/mol. The van der Waals surface area contributed by atoms with Crippen molar-refractivity contribution in [2.75, 3.05) is 0 Å². The molecule has 0 amide bonds. The minimum absolute atomic E-state index is 0.496. The molecule has 0 fully saturated rings. The molecule has 4 nitrogen and oxygen atoms in total. The fraction of sp³-hybridized carbons (Fsp3) is 0.0741. The van der Waals surface area contributed by atoms with Gasteiger partial charge in [0.1, 0.15) is 0 Å². The van der Waals surface area contributed by atoms with E-state index in [0.717, 1.165) is 23.1 Å². The van der Waals surface area contributed by atoms with Gasteiger partial charge in [-0.1, -0.05) is 170 Å². The first-order valence-electron chi connectivity index (χ1n) is 19.6. The Kier molecular flexibility index (Phi) is 11.5. The largest absolute Gasteiger partial charge is 0.296 e. The van der Waals surface area contributed by atoms with Crippen LogP contribution in [0.2, 0.25) is 0 Å². The van der Waals surface area contributed by atoms with Gasteiger partial charge in [-0.15, -0.1) is 0 Å². The Balaban J connectivity index is 0.000000263. The normalized spacial score (nSPS) is 15.2. The second kappa shape index (κ2) is 17.7. The van der Waals surface area contributed by atoms with E-state index in [9.17, 15) is 0 Å². The predicted molar refractivity (Wildman–Crippen MR) is 244 cm³/mol. The number of allylic oxidation sites excluding steroid dienone is 6. The molecule has 2 aliphatic rings. The van der Waals surface area contributed by atoms with Crippen LogP contribution in [0.5, 0.6) is 0 Å². The molecule has 0 aliphatic heterocycles. The first-order chi connectivity index (χ1) is 28.7. The minimum Gasteiger partial charge on any atom is -0.296 e. The maximum atomic E-state index is 5.05. The molecule has 0 spiro atoms. The van der Waals surface area contributed by atoms with Crippen molar-refractivity contribution in [2.45, 2.75) is 24.9 Å². The quantitative estimate of drug-likeness (QED) is 0.107. The summed E-state index contributed by atoms with van der Waals surface area (Å²) < 4.78 is 0. The lowest BCUT2D eigenvalue weighted by Gasteiger charge is -2.34. The topological polar surface area (TPSA) is 50.0 Å².